The van der Waals surface area contributed by atoms with E-state index >= 15 is 0 Å². The maximum absolute atomic E-state index is 11.2. The van der Waals surface area contributed by atoms with Crippen molar-refractivity contribution in [2.24, 2.45) is 0 Å². The van der Waals surface area contributed by atoms with Crippen molar-refractivity contribution in [3.63, 3.8) is 0 Å². The standard InChI is InChI=1S/C13H16O5/c1-7-5-9(3-4-10(7)8(2)14)13(18)11(15)6-12(16)17/h3-5,11,13,15,18H,6H2,1-2H3,(H,16,17). The van der Waals surface area contributed by atoms with Crippen LogP contribution >= 0.6 is 0 Å². The highest BCUT2D eigenvalue weighted by Crippen LogP contribution is 2.22. The largest absolute Gasteiger partial charge is 0.481 e. The highest BCUT2D eigenvalue weighted by molar-refractivity contribution is 5.95. The predicted octanol–water partition coefficient (Wildman–Crippen LogP) is 1.07. The molecule has 98 valence electrons. The van der Waals surface area contributed by atoms with E-state index in [1.54, 1.807) is 19.1 Å². The van der Waals surface area contributed by atoms with Gasteiger partial charge in [-0.1, -0.05) is 18.2 Å². The Hall–Kier alpha value is -1.72. The van der Waals surface area contributed by atoms with Crippen LogP contribution in [-0.4, -0.2) is 33.2 Å². The number of carbonyl (C=O) groups excluding carboxylic acids is 1. The number of aliphatic carboxylic acids is 1. The fraction of sp³-hybridized carbons (Fsp3) is 0.385. The lowest BCUT2D eigenvalue weighted by Gasteiger charge is -2.17. The number of hydrogen-bond donors (Lipinski definition) is 3. The summed E-state index contributed by atoms with van der Waals surface area (Å²) in [6.45, 7) is 3.16. The van der Waals surface area contributed by atoms with Crippen LogP contribution in [-0.2, 0) is 4.79 Å². The second kappa shape index (κ2) is 5.75. The number of rotatable bonds is 5. The van der Waals surface area contributed by atoms with Gasteiger partial charge in [0.25, 0.3) is 0 Å². The summed E-state index contributed by atoms with van der Waals surface area (Å²) in [5.41, 5.74) is 1.62. The van der Waals surface area contributed by atoms with Gasteiger partial charge < -0.3 is 15.3 Å². The third-order valence-electron chi connectivity index (χ3n) is 2.72. The number of benzene rings is 1. The Morgan fingerprint density at radius 2 is 1.89 bits per heavy atom. The first-order valence-corrected chi connectivity index (χ1v) is 5.52. The van der Waals surface area contributed by atoms with Crippen LogP contribution in [0.25, 0.3) is 0 Å². The summed E-state index contributed by atoms with van der Waals surface area (Å²) in [6.07, 6.45) is -3.18. The molecule has 5 heteroatoms. The molecule has 1 aromatic carbocycles. The van der Waals surface area contributed by atoms with E-state index in [0.29, 0.717) is 16.7 Å². The summed E-state index contributed by atoms with van der Waals surface area (Å²) in [5, 5.41) is 27.8. The summed E-state index contributed by atoms with van der Waals surface area (Å²) in [7, 11) is 0. The third kappa shape index (κ3) is 3.38. The topological polar surface area (TPSA) is 94.8 Å². The van der Waals surface area contributed by atoms with Crippen LogP contribution in [0.2, 0.25) is 0 Å². The maximum atomic E-state index is 11.2. The normalized spacial score (nSPS) is 14.0. The molecular formula is C13H16O5. The minimum Gasteiger partial charge on any atom is -0.481 e. The van der Waals surface area contributed by atoms with Crippen molar-refractivity contribution in [1.29, 1.82) is 0 Å². The van der Waals surface area contributed by atoms with Gasteiger partial charge in [-0.05, 0) is 25.0 Å². The van der Waals surface area contributed by atoms with E-state index in [1.807, 2.05) is 0 Å². The van der Waals surface area contributed by atoms with E-state index in [-0.39, 0.29) is 5.78 Å². The van der Waals surface area contributed by atoms with E-state index in [2.05, 4.69) is 0 Å². The molecule has 0 heterocycles. The number of carboxylic acids is 1. The fourth-order valence-corrected chi connectivity index (χ4v) is 1.78. The monoisotopic (exact) mass is 252 g/mol. The van der Waals surface area contributed by atoms with Crippen LogP contribution in [0.4, 0.5) is 0 Å². The number of aliphatic hydroxyl groups is 2. The molecule has 0 saturated carbocycles. The highest BCUT2D eigenvalue weighted by Gasteiger charge is 2.21. The van der Waals surface area contributed by atoms with E-state index in [4.69, 9.17) is 5.11 Å². The first-order valence-electron chi connectivity index (χ1n) is 5.52. The molecule has 0 spiro atoms. The lowest BCUT2D eigenvalue weighted by atomic mass is 9.96. The van der Waals surface area contributed by atoms with Gasteiger partial charge in [-0.2, -0.15) is 0 Å². The molecule has 1 rings (SSSR count). The zero-order valence-corrected chi connectivity index (χ0v) is 10.3. The Balaban J connectivity index is 2.93. The Morgan fingerprint density at radius 1 is 1.28 bits per heavy atom. The third-order valence-corrected chi connectivity index (χ3v) is 2.72. The van der Waals surface area contributed by atoms with Gasteiger partial charge in [0, 0.05) is 5.56 Å². The van der Waals surface area contributed by atoms with E-state index < -0.39 is 24.6 Å². The van der Waals surface area contributed by atoms with E-state index in [0.717, 1.165) is 0 Å². The molecule has 18 heavy (non-hydrogen) atoms. The first kappa shape index (κ1) is 14.3. The van der Waals surface area contributed by atoms with Crippen molar-refractivity contribution >= 4 is 11.8 Å². The average molecular weight is 252 g/mol. The molecule has 0 aliphatic carbocycles. The Bertz CT molecular complexity index is 466. The average Bonchev–Trinajstić information content (AvgIpc) is 2.26. The highest BCUT2D eigenvalue weighted by atomic mass is 16.4. The van der Waals surface area contributed by atoms with Crippen molar-refractivity contribution in [1.82, 2.24) is 0 Å². The molecule has 0 radical (unpaired) electrons. The lowest BCUT2D eigenvalue weighted by Crippen LogP contribution is -2.22. The number of ketones is 1. The van der Waals surface area contributed by atoms with Crippen LogP contribution in [0.15, 0.2) is 18.2 Å². The SMILES string of the molecule is CC(=O)c1ccc(C(O)C(O)CC(=O)O)cc1C. The minimum absolute atomic E-state index is 0.0837. The molecule has 5 nitrogen and oxygen atoms in total. The fourth-order valence-electron chi connectivity index (χ4n) is 1.78. The van der Waals surface area contributed by atoms with E-state index in [9.17, 15) is 19.8 Å². The summed E-state index contributed by atoms with van der Waals surface area (Å²) >= 11 is 0. The molecule has 0 fully saturated rings. The van der Waals surface area contributed by atoms with Gasteiger partial charge in [0.2, 0.25) is 0 Å². The molecule has 3 N–H and O–H groups in total. The van der Waals surface area contributed by atoms with Crippen LogP contribution in [0.1, 0.15) is 40.9 Å². The maximum Gasteiger partial charge on any atom is 0.306 e. The van der Waals surface area contributed by atoms with Crippen LogP contribution in [0.5, 0.6) is 0 Å². The second-order valence-corrected chi connectivity index (χ2v) is 4.24. The van der Waals surface area contributed by atoms with Crippen molar-refractivity contribution in [2.75, 3.05) is 0 Å². The number of carboxylic acid groups (broad SMARTS) is 1. The van der Waals surface area contributed by atoms with Gasteiger partial charge in [-0.15, -0.1) is 0 Å². The predicted molar refractivity (Wildman–Crippen MR) is 64.4 cm³/mol. The smallest absolute Gasteiger partial charge is 0.306 e. The lowest BCUT2D eigenvalue weighted by molar-refractivity contribution is -0.141. The first-order chi connectivity index (χ1) is 8.32. The van der Waals surface area contributed by atoms with Gasteiger partial charge in [0.05, 0.1) is 12.5 Å². The molecule has 0 aromatic heterocycles. The molecule has 2 atom stereocenters. The molecule has 0 bridgehead atoms. The number of hydrogen-bond acceptors (Lipinski definition) is 4. The van der Waals surface area contributed by atoms with E-state index in [1.165, 1.54) is 13.0 Å². The Labute approximate surface area is 105 Å². The van der Waals surface area contributed by atoms with Crippen molar-refractivity contribution in [3.8, 4) is 0 Å². The van der Waals surface area contributed by atoms with Gasteiger partial charge in [0.15, 0.2) is 5.78 Å². The van der Waals surface area contributed by atoms with Gasteiger partial charge in [0.1, 0.15) is 6.10 Å². The van der Waals surface area contributed by atoms with Crippen LogP contribution in [0.3, 0.4) is 0 Å². The number of carbonyl (C=O) groups is 2. The van der Waals surface area contributed by atoms with Crippen molar-refractivity contribution in [2.45, 2.75) is 32.5 Å². The quantitative estimate of drug-likeness (QED) is 0.681. The zero-order chi connectivity index (χ0) is 13.9. The number of Topliss-reactive ketones (excluding diaryl/α,β-unsaturated/α-hetero) is 1. The molecule has 0 amide bonds. The zero-order valence-electron chi connectivity index (χ0n) is 10.3. The minimum atomic E-state index is -1.37. The molecule has 0 aliphatic rings. The molecule has 1 aromatic rings. The van der Waals surface area contributed by atoms with Gasteiger partial charge >= 0.3 is 5.97 Å². The van der Waals surface area contributed by atoms with Crippen molar-refractivity contribution < 1.29 is 24.9 Å². The van der Waals surface area contributed by atoms with Crippen molar-refractivity contribution in [3.05, 3.63) is 34.9 Å². The summed E-state index contributed by atoms with van der Waals surface area (Å²) in [6, 6.07) is 4.65. The molecular weight excluding hydrogens is 236 g/mol. The summed E-state index contributed by atoms with van der Waals surface area (Å²) in [4.78, 5) is 21.7. The number of aryl methyl sites for hydroxylation is 1. The summed E-state index contributed by atoms with van der Waals surface area (Å²) < 4.78 is 0. The number of aliphatic hydroxyl groups excluding tert-OH is 2. The van der Waals surface area contributed by atoms with Gasteiger partial charge in [-0.25, -0.2) is 0 Å². The molecule has 0 aliphatic heterocycles. The van der Waals surface area contributed by atoms with Gasteiger partial charge in [-0.3, -0.25) is 9.59 Å². The Morgan fingerprint density at radius 3 is 2.33 bits per heavy atom. The van der Waals surface area contributed by atoms with Crippen LogP contribution < -0.4 is 0 Å². The molecule has 2 unspecified atom stereocenters. The van der Waals surface area contributed by atoms with Crippen LogP contribution in [0, 0.1) is 6.92 Å². The summed E-state index contributed by atoms with van der Waals surface area (Å²) in [5.74, 6) is -1.27. The second-order valence-electron chi connectivity index (χ2n) is 4.24. The molecule has 0 saturated heterocycles. The Kier molecular flexibility index (Phi) is 4.58.